The van der Waals surface area contributed by atoms with E-state index in [2.05, 4.69) is 10.2 Å². The molecule has 1 saturated heterocycles. The third-order valence-corrected chi connectivity index (χ3v) is 3.34. The molecule has 0 saturated carbocycles. The van der Waals surface area contributed by atoms with Crippen molar-refractivity contribution in [2.24, 2.45) is 5.92 Å². The Bertz CT molecular complexity index is 468. The first-order valence-corrected chi connectivity index (χ1v) is 6.93. The van der Waals surface area contributed by atoms with E-state index >= 15 is 0 Å². The molecule has 1 aromatic carbocycles. The average Bonchev–Trinajstić information content (AvgIpc) is 2.48. The molecule has 2 rings (SSSR count). The van der Waals surface area contributed by atoms with E-state index in [1.807, 2.05) is 32.0 Å². The fraction of sp³-hybridized carbons (Fsp3) is 0.533. The van der Waals surface area contributed by atoms with Gasteiger partial charge in [0, 0.05) is 24.7 Å². The minimum atomic E-state index is -0.0632. The van der Waals surface area contributed by atoms with E-state index < -0.39 is 0 Å². The number of ether oxygens (including phenoxy) is 2. The molecule has 1 amide bonds. The Morgan fingerprint density at radius 3 is 2.65 bits per heavy atom. The molecule has 0 atom stereocenters. The van der Waals surface area contributed by atoms with Crippen LogP contribution in [0.5, 0.6) is 5.75 Å². The van der Waals surface area contributed by atoms with Gasteiger partial charge in [0.15, 0.2) is 0 Å². The van der Waals surface area contributed by atoms with Crippen LogP contribution in [0.3, 0.4) is 0 Å². The summed E-state index contributed by atoms with van der Waals surface area (Å²) in [5.74, 6) is 0.602. The number of amides is 1. The topological polar surface area (TPSA) is 50.8 Å². The Morgan fingerprint density at radius 1 is 1.35 bits per heavy atom. The monoisotopic (exact) mass is 278 g/mol. The highest BCUT2D eigenvalue weighted by molar-refractivity contribution is 5.94. The molecule has 1 fully saturated rings. The van der Waals surface area contributed by atoms with Gasteiger partial charge in [0.2, 0.25) is 5.91 Å². The zero-order chi connectivity index (χ0) is 14.5. The molecule has 0 aliphatic carbocycles. The highest BCUT2D eigenvalue weighted by atomic mass is 16.5. The third kappa shape index (κ3) is 3.42. The maximum Gasteiger partial charge on any atom is 0.227 e. The standard InChI is InChI=1S/C15H22N2O3/c1-11(2)15(18)16-13-10-12(4-5-14(13)19-3)17-6-8-20-9-7-17/h4-5,10-11H,6-9H2,1-3H3,(H,16,18). The highest BCUT2D eigenvalue weighted by Gasteiger charge is 2.15. The molecule has 0 radical (unpaired) electrons. The summed E-state index contributed by atoms with van der Waals surface area (Å²) in [5.41, 5.74) is 1.79. The second-order valence-electron chi connectivity index (χ2n) is 5.13. The minimum Gasteiger partial charge on any atom is -0.495 e. The van der Waals surface area contributed by atoms with Gasteiger partial charge in [0.25, 0.3) is 0 Å². The van der Waals surface area contributed by atoms with E-state index in [0.29, 0.717) is 5.75 Å². The lowest BCUT2D eigenvalue weighted by atomic mass is 10.2. The van der Waals surface area contributed by atoms with Crippen molar-refractivity contribution in [1.82, 2.24) is 0 Å². The van der Waals surface area contributed by atoms with Crippen LogP contribution < -0.4 is 15.0 Å². The normalized spacial score (nSPS) is 15.3. The number of nitrogens with one attached hydrogen (secondary N) is 1. The van der Waals surface area contributed by atoms with Crippen molar-refractivity contribution in [2.75, 3.05) is 43.6 Å². The van der Waals surface area contributed by atoms with Gasteiger partial charge in [-0.15, -0.1) is 0 Å². The van der Waals surface area contributed by atoms with Crippen molar-refractivity contribution >= 4 is 17.3 Å². The van der Waals surface area contributed by atoms with Gasteiger partial charge in [0.1, 0.15) is 5.75 Å². The van der Waals surface area contributed by atoms with Gasteiger partial charge in [-0.25, -0.2) is 0 Å². The van der Waals surface area contributed by atoms with Crippen molar-refractivity contribution in [3.63, 3.8) is 0 Å². The van der Waals surface area contributed by atoms with Crippen LogP contribution in [0.1, 0.15) is 13.8 Å². The first-order chi connectivity index (χ1) is 9.61. The smallest absolute Gasteiger partial charge is 0.227 e. The zero-order valence-electron chi connectivity index (χ0n) is 12.3. The van der Waals surface area contributed by atoms with Gasteiger partial charge in [0.05, 0.1) is 26.0 Å². The molecule has 1 aromatic rings. The molecule has 1 aliphatic heterocycles. The lowest BCUT2D eigenvalue weighted by molar-refractivity contribution is -0.118. The maximum atomic E-state index is 11.9. The van der Waals surface area contributed by atoms with Crippen molar-refractivity contribution < 1.29 is 14.3 Å². The quantitative estimate of drug-likeness (QED) is 0.916. The summed E-state index contributed by atoms with van der Waals surface area (Å²) < 4.78 is 10.7. The Morgan fingerprint density at radius 2 is 2.05 bits per heavy atom. The molecule has 1 N–H and O–H groups in total. The van der Waals surface area contributed by atoms with Crippen LogP contribution in [0.25, 0.3) is 0 Å². The van der Waals surface area contributed by atoms with E-state index in [0.717, 1.165) is 37.7 Å². The molecule has 5 heteroatoms. The van der Waals surface area contributed by atoms with Gasteiger partial charge in [-0.3, -0.25) is 4.79 Å². The van der Waals surface area contributed by atoms with E-state index in [9.17, 15) is 4.79 Å². The summed E-state index contributed by atoms with van der Waals surface area (Å²) in [6.07, 6.45) is 0. The summed E-state index contributed by atoms with van der Waals surface area (Å²) in [6.45, 7) is 6.94. The van der Waals surface area contributed by atoms with Crippen LogP contribution in [-0.2, 0) is 9.53 Å². The predicted octanol–water partition coefficient (Wildman–Crippen LogP) is 2.13. The lowest BCUT2D eigenvalue weighted by Gasteiger charge is -2.29. The van der Waals surface area contributed by atoms with E-state index in [4.69, 9.17) is 9.47 Å². The number of nitrogens with zero attached hydrogens (tertiary/aromatic N) is 1. The second kappa shape index (κ2) is 6.61. The Balaban J connectivity index is 2.21. The number of rotatable bonds is 4. The Hall–Kier alpha value is -1.75. The van der Waals surface area contributed by atoms with Gasteiger partial charge >= 0.3 is 0 Å². The number of carbonyl (C=O) groups is 1. The third-order valence-electron chi connectivity index (χ3n) is 3.34. The van der Waals surface area contributed by atoms with Crippen LogP contribution in [0.4, 0.5) is 11.4 Å². The molecule has 20 heavy (non-hydrogen) atoms. The van der Waals surface area contributed by atoms with Crippen LogP contribution >= 0.6 is 0 Å². The molecule has 0 spiro atoms. The van der Waals surface area contributed by atoms with E-state index in [1.54, 1.807) is 7.11 Å². The van der Waals surface area contributed by atoms with Crippen molar-refractivity contribution in [2.45, 2.75) is 13.8 Å². The summed E-state index contributed by atoms with van der Waals surface area (Å²) in [5, 5.41) is 2.92. The second-order valence-corrected chi connectivity index (χ2v) is 5.13. The van der Waals surface area contributed by atoms with Crippen molar-refractivity contribution in [3.05, 3.63) is 18.2 Å². The maximum absolute atomic E-state index is 11.9. The number of carbonyl (C=O) groups excluding carboxylic acids is 1. The summed E-state index contributed by atoms with van der Waals surface area (Å²) in [6, 6.07) is 5.86. The number of hydrogen-bond donors (Lipinski definition) is 1. The molecule has 0 aromatic heterocycles. The molecule has 5 nitrogen and oxygen atoms in total. The van der Waals surface area contributed by atoms with E-state index in [1.165, 1.54) is 0 Å². The molecular weight excluding hydrogens is 256 g/mol. The summed E-state index contributed by atoms with van der Waals surface area (Å²) >= 11 is 0. The first kappa shape index (κ1) is 14.7. The van der Waals surface area contributed by atoms with Gasteiger partial charge < -0.3 is 19.7 Å². The van der Waals surface area contributed by atoms with Crippen LogP contribution in [-0.4, -0.2) is 39.3 Å². The fourth-order valence-corrected chi connectivity index (χ4v) is 2.09. The Kier molecular flexibility index (Phi) is 4.84. The number of methoxy groups -OCH3 is 1. The van der Waals surface area contributed by atoms with Crippen LogP contribution in [0, 0.1) is 5.92 Å². The molecule has 1 aliphatic rings. The van der Waals surface area contributed by atoms with Gasteiger partial charge in [-0.05, 0) is 18.2 Å². The summed E-state index contributed by atoms with van der Waals surface area (Å²) in [7, 11) is 1.61. The van der Waals surface area contributed by atoms with Crippen LogP contribution in [0.2, 0.25) is 0 Å². The van der Waals surface area contributed by atoms with Gasteiger partial charge in [-0.1, -0.05) is 13.8 Å². The minimum absolute atomic E-state index is 0.0116. The van der Waals surface area contributed by atoms with Crippen molar-refractivity contribution in [3.8, 4) is 5.75 Å². The van der Waals surface area contributed by atoms with Gasteiger partial charge in [-0.2, -0.15) is 0 Å². The Labute approximate surface area is 119 Å². The molecule has 1 heterocycles. The number of anilines is 2. The molecular formula is C15H22N2O3. The number of benzene rings is 1. The average molecular weight is 278 g/mol. The zero-order valence-corrected chi connectivity index (χ0v) is 12.3. The lowest BCUT2D eigenvalue weighted by Crippen LogP contribution is -2.36. The predicted molar refractivity (Wildman–Crippen MR) is 79.5 cm³/mol. The molecule has 0 unspecified atom stereocenters. The molecule has 0 bridgehead atoms. The van der Waals surface area contributed by atoms with E-state index in [-0.39, 0.29) is 11.8 Å². The highest BCUT2D eigenvalue weighted by Crippen LogP contribution is 2.30. The van der Waals surface area contributed by atoms with Crippen molar-refractivity contribution in [1.29, 1.82) is 0 Å². The van der Waals surface area contributed by atoms with Crippen LogP contribution in [0.15, 0.2) is 18.2 Å². The first-order valence-electron chi connectivity index (χ1n) is 6.93. The molecule has 110 valence electrons. The largest absolute Gasteiger partial charge is 0.495 e. The fourth-order valence-electron chi connectivity index (χ4n) is 2.09. The number of morpholine rings is 1. The summed E-state index contributed by atoms with van der Waals surface area (Å²) in [4.78, 5) is 14.1. The SMILES string of the molecule is COc1ccc(N2CCOCC2)cc1NC(=O)C(C)C. The number of hydrogen-bond acceptors (Lipinski definition) is 4.